The summed E-state index contributed by atoms with van der Waals surface area (Å²) in [6.45, 7) is 4.02. The fraction of sp³-hybridized carbons (Fsp3) is 0.875. The molecule has 0 aliphatic rings. The molecule has 2 atom stereocenters. The van der Waals surface area contributed by atoms with Crippen LogP contribution in [-0.2, 0) is 4.79 Å². The maximum atomic E-state index is 10.6. The van der Waals surface area contributed by atoms with E-state index in [-0.39, 0.29) is 5.92 Å². The number of likely N-dealkylation sites (N-methyl/N-ethyl adjacent to an activating group) is 1. The molecule has 0 aliphatic carbocycles. The summed E-state index contributed by atoms with van der Waals surface area (Å²) in [4.78, 5) is 10.6. The number of nitrogens with one attached hydrogen (secondary N) is 1. The van der Waals surface area contributed by atoms with E-state index in [1.165, 1.54) is 0 Å². The third kappa shape index (κ3) is 3.37. The van der Waals surface area contributed by atoms with Gasteiger partial charge in [-0.15, -0.1) is 0 Å². The molecule has 0 aromatic rings. The van der Waals surface area contributed by atoms with Crippen LogP contribution in [0.5, 0.6) is 0 Å². The van der Waals surface area contributed by atoms with Gasteiger partial charge in [-0.05, 0) is 19.4 Å². The SMILES string of the molecule is CCCC(C)[C@H](NC)C(=O)O. The fourth-order valence-corrected chi connectivity index (χ4v) is 1.27. The number of rotatable bonds is 5. The van der Waals surface area contributed by atoms with E-state index in [4.69, 9.17) is 5.11 Å². The van der Waals surface area contributed by atoms with Crippen LogP contribution in [0, 0.1) is 5.92 Å². The normalized spacial score (nSPS) is 15.9. The molecule has 0 fully saturated rings. The van der Waals surface area contributed by atoms with Crippen LogP contribution in [0.15, 0.2) is 0 Å². The molecule has 3 nitrogen and oxygen atoms in total. The van der Waals surface area contributed by atoms with E-state index >= 15 is 0 Å². The van der Waals surface area contributed by atoms with Gasteiger partial charge in [0.1, 0.15) is 6.04 Å². The second kappa shape index (κ2) is 5.13. The highest BCUT2D eigenvalue weighted by atomic mass is 16.4. The van der Waals surface area contributed by atoms with Crippen molar-refractivity contribution in [2.45, 2.75) is 32.7 Å². The van der Waals surface area contributed by atoms with E-state index in [1.807, 2.05) is 6.92 Å². The van der Waals surface area contributed by atoms with Gasteiger partial charge >= 0.3 is 5.97 Å². The van der Waals surface area contributed by atoms with Gasteiger partial charge in [0, 0.05) is 0 Å². The van der Waals surface area contributed by atoms with Crippen molar-refractivity contribution in [1.82, 2.24) is 5.32 Å². The second-order valence-corrected chi connectivity index (χ2v) is 2.87. The third-order valence-electron chi connectivity index (χ3n) is 1.89. The van der Waals surface area contributed by atoms with E-state index in [9.17, 15) is 4.79 Å². The molecule has 1 unspecified atom stereocenters. The zero-order valence-electron chi connectivity index (χ0n) is 7.42. The highest BCUT2D eigenvalue weighted by Crippen LogP contribution is 2.09. The van der Waals surface area contributed by atoms with Crippen molar-refractivity contribution in [2.75, 3.05) is 7.05 Å². The average molecular weight is 159 g/mol. The minimum absolute atomic E-state index is 0.211. The molecule has 0 radical (unpaired) electrons. The predicted molar refractivity (Wildman–Crippen MR) is 44.6 cm³/mol. The zero-order chi connectivity index (χ0) is 8.85. The number of hydrogen-bond acceptors (Lipinski definition) is 2. The lowest BCUT2D eigenvalue weighted by Crippen LogP contribution is -2.39. The molecular weight excluding hydrogens is 142 g/mol. The maximum absolute atomic E-state index is 10.6. The molecule has 0 saturated carbocycles. The Labute approximate surface area is 67.8 Å². The van der Waals surface area contributed by atoms with Crippen molar-refractivity contribution < 1.29 is 9.90 Å². The summed E-state index contributed by atoms with van der Waals surface area (Å²) in [7, 11) is 1.69. The molecule has 0 bridgehead atoms. The lowest BCUT2D eigenvalue weighted by atomic mass is 9.97. The lowest BCUT2D eigenvalue weighted by Gasteiger charge is -2.18. The fourth-order valence-electron chi connectivity index (χ4n) is 1.27. The minimum atomic E-state index is -0.756. The van der Waals surface area contributed by atoms with E-state index in [0.29, 0.717) is 0 Å². The summed E-state index contributed by atoms with van der Waals surface area (Å²) in [5.74, 6) is -0.545. The highest BCUT2D eigenvalue weighted by molar-refractivity contribution is 5.73. The number of carbonyl (C=O) groups is 1. The molecule has 0 aromatic heterocycles. The molecule has 0 spiro atoms. The van der Waals surface area contributed by atoms with Gasteiger partial charge in [0.15, 0.2) is 0 Å². The van der Waals surface area contributed by atoms with E-state index < -0.39 is 12.0 Å². The predicted octanol–water partition coefficient (Wildman–Crippen LogP) is 1.10. The Bertz CT molecular complexity index is 125. The number of carboxylic acid groups (broad SMARTS) is 1. The van der Waals surface area contributed by atoms with Crippen molar-refractivity contribution in [3.05, 3.63) is 0 Å². The molecule has 66 valence electrons. The molecule has 11 heavy (non-hydrogen) atoms. The minimum Gasteiger partial charge on any atom is -0.480 e. The first-order valence-corrected chi connectivity index (χ1v) is 4.03. The van der Waals surface area contributed by atoms with E-state index in [1.54, 1.807) is 7.05 Å². The smallest absolute Gasteiger partial charge is 0.320 e. The van der Waals surface area contributed by atoms with Gasteiger partial charge in [0.25, 0.3) is 0 Å². The monoisotopic (exact) mass is 159 g/mol. The Hall–Kier alpha value is -0.570. The Morgan fingerprint density at radius 2 is 2.18 bits per heavy atom. The molecule has 3 heteroatoms. The molecule has 0 rings (SSSR count). The molecule has 2 N–H and O–H groups in total. The standard InChI is InChI=1S/C8H17NO2/c1-4-5-6(2)7(9-3)8(10)11/h6-7,9H,4-5H2,1-3H3,(H,10,11)/t6?,7-/m0/s1. The van der Waals surface area contributed by atoms with Gasteiger partial charge in [-0.2, -0.15) is 0 Å². The van der Waals surface area contributed by atoms with Crippen LogP contribution in [0.4, 0.5) is 0 Å². The Morgan fingerprint density at radius 1 is 1.64 bits per heavy atom. The first-order valence-electron chi connectivity index (χ1n) is 4.03. The average Bonchev–Trinajstić information content (AvgIpc) is 1.88. The van der Waals surface area contributed by atoms with Gasteiger partial charge in [-0.25, -0.2) is 0 Å². The van der Waals surface area contributed by atoms with Crippen LogP contribution in [0.3, 0.4) is 0 Å². The van der Waals surface area contributed by atoms with Crippen LogP contribution in [0.2, 0.25) is 0 Å². The highest BCUT2D eigenvalue weighted by Gasteiger charge is 2.21. The van der Waals surface area contributed by atoms with Crippen LogP contribution in [0.25, 0.3) is 0 Å². The van der Waals surface area contributed by atoms with Crippen LogP contribution in [-0.4, -0.2) is 24.2 Å². The summed E-state index contributed by atoms with van der Waals surface area (Å²) in [6, 6.07) is -0.394. The number of carboxylic acids is 1. The number of aliphatic carboxylic acids is 1. The Balaban J connectivity index is 3.91. The van der Waals surface area contributed by atoms with Gasteiger partial charge in [-0.1, -0.05) is 20.3 Å². The van der Waals surface area contributed by atoms with Crippen molar-refractivity contribution in [3.63, 3.8) is 0 Å². The Morgan fingerprint density at radius 3 is 2.45 bits per heavy atom. The summed E-state index contributed by atoms with van der Waals surface area (Å²) in [6.07, 6.45) is 1.99. The zero-order valence-corrected chi connectivity index (χ0v) is 7.42. The number of hydrogen-bond donors (Lipinski definition) is 2. The van der Waals surface area contributed by atoms with Crippen LogP contribution in [0.1, 0.15) is 26.7 Å². The Kier molecular flexibility index (Phi) is 4.86. The van der Waals surface area contributed by atoms with Crippen LogP contribution >= 0.6 is 0 Å². The quantitative estimate of drug-likeness (QED) is 0.631. The van der Waals surface area contributed by atoms with E-state index in [2.05, 4.69) is 12.2 Å². The van der Waals surface area contributed by atoms with Crippen molar-refractivity contribution >= 4 is 5.97 Å². The summed E-state index contributed by atoms with van der Waals surface area (Å²) in [5.41, 5.74) is 0. The summed E-state index contributed by atoms with van der Waals surface area (Å²) in [5, 5.41) is 11.5. The van der Waals surface area contributed by atoms with Gasteiger partial charge in [0.2, 0.25) is 0 Å². The van der Waals surface area contributed by atoms with Gasteiger partial charge in [-0.3, -0.25) is 4.79 Å². The van der Waals surface area contributed by atoms with Crippen LogP contribution < -0.4 is 5.32 Å². The van der Waals surface area contributed by atoms with Crippen molar-refractivity contribution in [3.8, 4) is 0 Å². The maximum Gasteiger partial charge on any atom is 0.320 e. The van der Waals surface area contributed by atoms with Crippen molar-refractivity contribution in [1.29, 1.82) is 0 Å². The summed E-state index contributed by atoms with van der Waals surface area (Å²) < 4.78 is 0. The largest absolute Gasteiger partial charge is 0.480 e. The molecule has 0 aromatic carbocycles. The summed E-state index contributed by atoms with van der Waals surface area (Å²) >= 11 is 0. The molecule has 0 heterocycles. The van der Waals surface area contributed by atoms with Crippen molar-refractivity contribution in [2.24, 2.45) is 5.92 Å². The first-order chi connectivity index (χ1) is 5.13. The molecule has 0 saturated heterocycles. The molecule has 0 amide bonds. The molecular formula is C8H17NO2. The first kappa shape index (κ1) is 10.4. The molecule has 0 aliphatic heterocycles. The van der Waals surface area contributed by atoms with E-state index in [0.717, 1.165) is 12.8 Å². The topological polar surface area (TPSA) is 49.3 Å². The lowest BCUT2D eigenvalue weighted by molar-refractivity contribution is -0.140. The second-order valence-electron chi connectivity index (χ2n) is 2.87. The van der Waals surface area contributed by atoms with Gasteiger partial charge < -0.3 is 10.4 Å². The third-order valence-corrected chi connectivity index (χ3v) is 1.89. The van der Waals surface area contributed by atoms with Gasteiger partial charge in [0.05, 0.1) is 0 Å².